The Bertz CT molecular complexity index is 267. The molecule has 0 aromatic heterocycles. The van der Waals surface area contributed by atoms with E-state index in [9.17, 15) is 4.79 Å². The first-order chi connectivity index (χ1) is 8.21. The highest BCUT2D eigenvalue weighted by Crippen LogP contribution is 2.34. The molecule has 2 fully saturated rings. The number of hydrogen-bond acceptors (Lipinski definition) is 3. The van der Waals surface area contributed by atoms with Gasteiger partial charge >= 0.3 is 0 Å². The van der Waals surface area contributed by atoms with Crippen molar-refractivity contribution in [2.75, 3.05) is 26.7 Å². The molecule has 0 atom stereocenters. The van der Waals surface area contributed by atoms with Crippen molar-refractivity contribution in [1.29, 1.82) is 0 Å². The van der Waals surface area contributed by atoms with Crippen molar-refractivity contribution < 1.29 is 9.53 Å². The monoisotopic (exact) mass is 240 g/mol. The number of carbonyl (C=O) groups is 1. The molecule has 1 N–H and O–H groups in total. The average Bonchev–Trinajstić information content (AvgIpc) is 3.07. The normalized spacial score (nSPS) is 22.0. The summed E-state index contributed by atoms with van der Waals surface area (Å²) < 4.78 is 5.51. The summed E-state index contributed by atoms with van der Waals surface area (Å²) in [5.74, 6) is 0.237. The third-order valence-electron chi connectivity index (χ3n) is 4.07. The van der Waals surface area contributed by atoms with Gasteiger partial charge in [-0.25, -0.2) is 0 Å². The number of nitrogens with one attached hydrogen (secondary N) is 1. The lowest BCUT2D eigenvalue weighted by atomic mass is 9.80. The molecule has 2 aliphatic carbocycles. The highest BCUT2D eigenvalue weighted by atomic mass is 16.5. The SMILES string of the molecule is CCN(C(=O)CNCC1(OC)CCC1)C1CC1. The quantitative estimate of drug-likeness (QED) is 0.726. The first-order valence-corrected chi connectivity index (χ1v) is 6.76. The van der Waals surface area contributed by atoms with E-state index in [1.165, 1.54) is 19.3 Å². The molecule has 0 heterocycles. The Morgan fingerprint density at radius 3 is 2.59 bits per heavy atom. The first kappa shape index (κ1) is 12.8. The second-order valence-corrected chi connectivity index (χ2v) is 5.26. The third-order valence-corrected chi connectivity index (χ3v) is 4.07. The molecular formula is C13H24N2O2. The summed E-state index contributed by atoms with van der Waals surface area (Å²) in [6.07, 6.45) is 5.84. The number of ether oxygens (including phenoxy) is 1. The summed E-state index contributed by atoms with van der Waals surface area (Å²) in [6.45, 7) is 4.15. The Morgan fingerprint density at radius 1 is 1.47 bits per heavy atom. The second kappa shape index (κ2) is 5.36. The standard InChI is InChI=1S/C13H24N2O2/c1-3-15(11-5-6-11)12(16)9-14-10-13(17-2)7-4-8-13/h11,14H,3-10H2,1-2H3. The Morgan fingerprint density at radius 2 is 2.18 bits per heavy atom. The van der Waals surface area contributed by atoms with Gasteiger partial charge in [-0.2, -0.15) is 0 Å². The van der Waals surface area contributed by atoms with Gasteiger partial charge in [0.25, 0.3) is 0 Å². The molecule has 2 rings (SSSR count). The van der Waals surface area contributed by atoms with E-state index in [2.05, 4.69) is 12.2 Å². The molecule has 17 heavy (non-hydrogen) atoms. The van der Waals surface area contributed by atoms with Gasteiger partial charge in [0.1, 0.15) is 0 Å². The summed E-state index contributed by atoms with van der Waals surface area (Å²) >= 11 is 0. The van der Waals surface area contributed by atoms with Crippen LogP contribution in [0.4, 0.5) is 0 Å². The van der Waals surface area contributed by atoms with Gasteiger partial charge in [-0.15, -0.1) is 0 Å². The van der Waals surface area contributed by atoms with Crippen molar-refractivity contribution in [3.05, 3.63) is 0 Å². The molecule has 4 nitrogen and oxygen atoms in total. The first-order valence-electron chi connectivity index (χ1n) is 6.76. The molecule has 4 heteroatoms. The van der Waals surface area contributed by atoms with Gasteiger partial charge in [-0.05, 0) is 39.0 Å². The fourth-order valence-corrected chi connectivity index (χ4v) is 2.55. The summed E-state index contributed by atoms with van der Waals surface area (Å²) in [6, 6.07) is 0.523. The predicted molar refractivity (Wildman–Crippen MR) is 66.9 cm³/mol. The highest BCUT2D eigenvalue weighted by molar-refractivity contribution is 5.78. The molecule has 1 amide bonds. The lowest BCUT2D eigenvalue weighted by molar-refractivity contribution is -0.131. The van der Waals surface area contributed by atoms with Crippen molar-refractivity contribution in [2.24, 2.45) is 0 Å². The topological polar surface area (TPSA) is 41.6 Å². The Balaban J connectivity index is 1.68. The van der Waals surface area contributed by atoms with Gasteiger partial charge in [-0.3, -0.25) is 4.79 Å². The zero-order valence-corrected chi connectivity index (χ0v) is 11.0. The van der Waals surface area contributed by atoms with Crippen LogP contribution in [-0.2, 0) is 9.53 Å². The molecule has 0 saturated heterocycles. The maximum atomic E-state index is 12.0. The minimum Gasteiger partial charge on any atom is -0.377 e. The fourth-order valence-electron chi connectivity index (χ4n) is 2.55. The largest absolute Gasteiger partial charge is 0.377 e. The van der Waals surface area contributed by atoms with E-state index in [0.29, 0.717) is 12.6 Å². The van der Waals surface area contributed by atoms with Crippen LogP contribution in [0.15, 0.2) is 0 Å². The number of likely N-dealkylation sites (N-methyl/N-ethyl adjacent to an activating group) is 1. The number of carbonyl (C=O) groups excluding carboxylic acids is 1. The maximum absolute atomic E-state index is 12.0. The fraction of sp³-hybridized carbons (Fsp3) is 0.923. The van der Waals surface area contributed by atoms with E-state index in [0.717, 1.165) is 25.9 Å². The number of methoxy groups -OCH3 is 1. The Hall–Kier alpha value is -0.610. The van der Waals surface area contributed by atoms with Crippen molar-refractivity contribution in [2.45, 2.75) is 50.7 Å². The summed E-state index contributed by atoms with van der Waals surface area (Å²) in [4.78, 5) is 14.0. The number of rotatable bonds is 7. The predicted octanol–water partition coefficient (Wildman–Crippen LogP) is 1.16. The van der Waals surface area contributed by atoms with Gasteiger partial charge in [0.2, 0.25) is 5.91 Å². The second-order valence-electron chi connectivity index (χ2n) is 5.26. The highest BCUT2D eigenvalue weighted by Gasteiger charge is 2.37. The molecule has 0 aromatic rings. The van der Waals surface area contributed by atoms with E-state index >= 15 is 0 Å². The van der Waals surface area contributed by atoms with Crippen LogP contribution < -0.4 is 5.32 Å². The van der Waals surface area contributed by atoms with Crippen molar-refractivity contribution >= 4 is 5.91 Å². The summed E-state index contributed by atoms with van der Waals surface area (Å²) in [7, 11) is 1.77. The average molecular weight is 240 g/mol. The molecular weight excluding hydrogens is 216 g/mol. The zero-order valence-electron chi connectivity index (χ0n) is 11.0. The molecule has 2 saturated carbocycles. The van der Waals surface area contributed by atoms with E-state index < -0.39 is 0 Å². The maximum Gasteiger partial charge on any atom is 0.236 e. The number of nitrogens with zero attached hydrogens (tertiary/aromatic N) is 1. The minimum absolute atomic E-state index is 0.0108. The van der Waals surface area contributed by atoms with E-state index in [1.54, 1.807) is 7.11 Å². The van der Waals surface area contributed by atoms with Crippen LogP contribution in [0.3, 0.4) is 0 Å². The Kier molecular flexibility index (Phi) is 4.05. The lowest BCUT2D eigenvalue weighted by Crippen LogP contribution is -2.50. The molecule has 98 valence electrons. The molecule has 0 bridgehead atoms. The van der Waals surface area contributed by atoms with Gasteiger partial charge in [0, 0.05) is 26.2 Å². The van der Waals surface area contributed by atoms with Gasteiger partial charge in [0.15, 0.2) is 0 Å². The van der Waals surface area contributed by atoms with Crippen LogP contribution in [0.1, 0.15) is 39.0 Å². The lowest BCUT2D eigenvalue weighted by Gasteiger charge is -2.40. The number of hydrogen-bond donors (Lipinski definition) is 1. The van der Waals surface area contributed by atoms with Crippen molar-refractivity contribution in [3.63, 3.8) is 0 Å². The summed E-state index contributed by atoms with van der Waals surface area (Å²) in [5, 5.41) is 3.26. The molecule has 0 radical (unpaired) electrons. The Labute approximate surface area is 104 Å². The molecule has 0 aromatic carbocycles. The van der Waals surface area contributed by atoms with Crippen LogP contribution in [0, 0.1) is 0 Å². The van der Waals surface area contributed by atoms with Gasteiger partial charge in [0.05, 0.1) is 12.1 Å². The van der Waals surface area contributed by atoms with Gasteiger partial charge < -0.3 is 15.0 Å². The molecule has 0 unspecified atom stereocenters. The minimum atomic E-state index is 0.0108. The van der Waals surface area contributed by atoms with Gasteiger partial charge in [-0.1, -0.05) is 0 Å². The molecule has 0 spiro atoms. The van der Waals surface area contributed by atoms with Crippen LogP contribution in [0.2, 0.25) is 0 Å². The van der Waals surface area contributed by atoms with E-state index in [4.69, 9.17) is 4.74 Å². The van der Waals surface area contributed by atoms with E-state index in [-0.39, 0.29) is 11.5 Å². The third kappa shape index (κ3) is 2.99. The molecule has 0 aliphatic heterocycles. The van der Waals surface area contributed by atoms with Crippen LogP contribution in [0.5, 0.6) is 0 Å². The number of amides is 1. The molecule has 2 aliphatic rings. The van der Waals surface area contributed by atoms with Crippen molar-refractivity contribution in [3.8, 4) is 0 Å². The smallest absolute Gasteiger partial charge is 0.236 e. The van der Waals surface area contributed by atoms with Crippen molar-refractivity contribution in [1.82, 2.24) is 10.2 Å². The van der Waals surface area contributed by atoms with Crippen LogP contribution in [0.25, 0.3) is 0 Å². The van der Waals surface area contributed by atoms with Crippen LogP contribution in [-0.4, -0.2) is 49.2 Å². The zero-order chi connectivity index (χ0) is 12.3. The van der Waals surface area contributed by atoms with Crippen LogP contribution >= 0.6 is 0 Å². The van der Waals surface area contributed by atoms with E-state index in [1.807, 2.05) is 4.90 Å². The summed E-state index contributed by atoms with van der Waals surface area (Å²) in [5.41, 5.74) is 0.0108.